The van der Waals surface area contributed by atoms with E-state index in [-0.39, 0.29) is 10.7 Å². The molecule has 0 bridgehead atoms. The number of nitrogens with one attached hydrogen (secondary N) is 2. The van der Waals surface area contributed by atoms with E-state index in [4.69, 9.17) is 0 Å². The molecule has 8 heteroatoms. The van der Waals surface area contributed by atoms with Gasteiger partial charge in [0.1, 0.15) is 5.69 Å². The van der Waals surface area contributed by atoms with E-state index in [0.29, 0.717) is 22.3 Å². The Morgan fingerprint density at radius 2 is 1.41 bits per heavy atom. The van der Waals surface area contributed by atoms with Crippen LogP contribution in [0.3, 0.4) is 0 Å². The van der Waals surface area contributed by atoms with Gasteiger partial charge in [-0.25, -0.2) is 0 Å². The molecular formula is C24H19N5O2S. The number of anilines is 1. The first-order chi connectivity index (χ1) is 15.5. The molecule has 2 N–H and O–H groups in total. The maximum atomic E-state index is 13.4. The molecule has 0 aliphatic carbocycles. The van der Waals surface area contributed by atoms with Gasteiger partial charge in [-0.05, 0) is 24.6 Å². The van der Waals surface area contributed by atoms with Crippen molar-refractivity contribution >= 4 is 26.7 Å². The summed E-state index contributed by atoms with van der Waals surface area (Å²) in [7, 11) is -3.97. The topological polar surface area (TPSA) is 101 Å². The highest BCUT2D eigenvalue weighted by Gasteiger charge is 2.27. The number of H-pyrrole nitrogens is 1. The highest BCUT2D eigenvalue weighted by atomic mass is 32.2. The summed E-state index contributed by atoms with van der Waals surface area (Å²) in [5.74, 6) is 0. The first-order valence-electron chi connectivity index (χ1n) is 9.98. The molecule has 158 valence electrons. The van der Waals surface area contributed by atoms with E-state index in [1.165, 1.54) is 0 Å². The van der Waals surface area contributed by atoms with Crippen LogP contribution < -0.4 is 4.72 Å². The molecule has 0 spiro atoms. The normalized spacial score (nSPS) is 11.5. The number of fused-ring (bicyclic) bond motifs is 1. The van der Waals surface area contributed by atoms with Gasteiger partial charge in [0.05, 0.1) is 5.39 Å². The zero-order valence-electron chi connectivity index (χ0n) is 17.1. The molecule has 7 nitrogen and oxygen atoms in total. The van der Waals surface area contributed by atoms with Crippen LogP contribution in [0.4, 0.5) is 5.69 Å². The second-order valence-electron chi connectivity index (χ2n) is 7.38. The molecule has 32 heavy (non-hydrogen) atoms. The van der Waals surface area contributed by atoms with Gasteiger partial charge in [-0.15, -0.1) is 10.2 Å². The van der Waals surface area contributed by atoms with E-state index in [9.17, 15) is 8.42 Å². The van der Waals surface area contributed by atoms with Gasteiger partial charge >= 0.3 is 0 Å². The molecular weight excluding hydrogens is 422 g/mol. The minimum Gasteiger partial charge on any atom is -0.278 e. The summed E-state index contributed by atoms with van der Waals surface area (Å²) >= 11 is 0. The molecule has 5 rings (SSSR count). The molecule has 0 saturated heterocycles. The second kappa shape index (κ2) is 7.90. The maximum Gasteiger partial charge on any atom is 0.279 e. The van der Waals surface area contributed by atoms with Crippen LogP contribution >= 0.6 is 0 Å². The van der Waals surface area contributed by atoms with Gasteiger partial charge in [0, 0.05) is 16.8 Å². The van der Waals surface area contributed by atoms with E-state index in [2.05, 4.69) is 25.1 Å². The highest BCUT2D eigenvalue weighted by molar-refractivity contribution is 7.92. The summed E-state index contributed by atoms with van der Waals surface area (Å²) in [6.07, 6.45) is 0. The van der Waals surface area contributed by atoms with Crippen molar-refractivity contribution in [3.05, 3.63) is 90.5 Å². The van der Waals surface area contributed by atoms with Crippen LogP contribution in [0.15, 0.2) is 90.0 Å². The molecule has 0 atom stereocenters. The number of nitrogens with zero attached hydrogens (tertiary/aromatic N) is 3. The maximum absolute atomic E-state index is 13.4. The summed E-state index contributed by atoms with van der Waals surface area (Å²) < 4.78 is 29.4. The third-order valence-corrected chi connectivity index (χ3v) is 6.47. The zero-order chi connectivity index (χ0) is 22.1. The highest BCUT2D eigenvalue weighted by Crippen LogP contribution is 2.38. The molecule has 2 heterocycles. The molecule has 2 aromatic heterocycles. The van der Waals surface area contributed by atoms with Crippen molar-refractivity contribution in [1.82, 2.24) is 20.4 Å². The summed E-state index contributed by atoms with van der Waals surface area (Å²) in [6, 6.07) is 26.2. The fraction of sp³-hybridized carbons (Fsp3) is 0.0417. The van der Waals surface area contributed by atoms with E-state index in [1.54, 1.807) is 12.1 Å². The summed E-state index contributed by atoms with van der Waals surface area (Å²) in [5, 5.41) is 15.8. The Hall–Kier alpha value is -4.04. The zero-order valence-corrected chi connectivity index (χ0v) is 18.0. The van der Waals surface area contributed by atoms with Crippen LogP contribution in [0.1, 0.15) is 5.56 Å². The monoisotopic (exact) mass is 441 g/mol. The molecule has 0 saturated carbocycles. The molecule has 3 aromatic carbocycles. The van der Waals surface area contributed by atoms with Crippen LogP contribution in [-0.4, -0.2) is 28.8 Å². The Kier molecular flexibility index (Phi) is 4.91. The number of aromatic amines is 1. The molecule has 0 unspecified atom stereocenters. The molecule has 0 aliphatic rings. The lowest BCUT2D eigenvalue weighted by Crippen LogP contribution is -2.14. The Morgan fingerprint density at radius 1 is 0.781 bits per heavy atom. The Bertz CT molecular complexity index is 1500. The average molecular weight is 442 g/mol. The number of aromatic nitrogens is 4. The fourth-order valence-electron chi connectivity index (χ4n) is 3.59. The Balaban J connectivity index is 1.76. The van der Waals surface area contributed by atoms with E-state index < -0.39 is 10.0 Å². The molecule has 0 amide bonds. The number of rotatable bonds is 5. The average Bonchev–Trinajstić information content (AvgIpc) is 3.26. The van der Waals surface area contributed by atoms with Crippen molar-refractivity contribution in [2.24, 2.45) is 0 Å². The van der Waals surface area contributed by atoms with Gasteiger partial charge in [0.2, 0.25) is 5.65 Å². The van der Waals surface area contributed by atoms with Crippen LogP contribution in [0.5, 0.6) is 0 Å². The van der Waals surface area contributed by atoms with E-state index in [1.807, 2.05) is 79.7 Å². The van der Waals surface area contributed by atoms with Gasteiger partial charge in [-0.2, -0.15) is 13.5 Å². The molecule has 0 fully saturated rings. The number of benzene rings is 3. The predicted molar refractivity (Wildman–Crippen MR) is 125 cm³/mol. The van der Waals surface area contributed by atoms with Crippen LogP contribution in [0.25, 0.3) is 33.4 Å². The third kappa shape index (κ3) is 3.61. The summed E-state index contributed by atoms with van der Waals surface area (Å²) in [4.78, 5) is 0. The SMILES string of the molecule is Cc1ccc(NS(=O)(=O)c2[nH]nc3nnc(-c4ccccc4)c(-c4ccccc4)c23)cc1. The minimum absolute atomic E-state index is 0.0565. The smallest absolute Gasteiger partial charge is 0.278 e. The second-order valence-corrected chi connectivity index (χ2v) is 9.00. The summed E-state index contributed by atoms with van der Waals surface area (Å²) in [5.41, 5.74) is 4.61. The van der Waals surface area contributed by atoms with Crippen LogP contribution in [0.2, 0.25) is 0 Å². The third-order valence-electron chi connectivity index (χ3n) is 5.13. The fourth-order valence-corrected chi connectivity index (χ4v) is 4.76. The largest absolute Gasteiger partial charge is 0.279 e. The quantitative estimate of drug-likeness (QED) is 0.408. The number of hydrogen-bond acceptors (Lipinski definition) is 5. The van der Waals surface area contributed by atoms with Crippen molar-refractivity contribution < 1.29 is 8.42 Å². The molecule has 5 aromatic rings. The first-order valence-corrected chi connectivity index (χ1v) is 11.5. The van der Waals surface area contributed by atoms with Crippen molar-refractivity contribution in [2.75, 3.05) is 4.72 Å². The lowest BCUT2D eigenvalue weighted by atomic mass is 9.98. The lowest BCUT2D eigenvalue weighted by Gasteiger charge is -2.12. The van der Waals surface area contributed by atoms with Gasteiger partial charge in [-0.1, -0.05) is 78.4 Å². The molecule has 0 aliphatic heterocycles. The van der Waals surface area contributed by atoms with Gasteiger partial charge < -0.3 is 0 Å². The van der Waals surface area contributed by atoms with Crippen molar-refractivity contribution in [3.8, 4) is 22.4 Å². The number of sulfonamides is 1. The standard InChI is InChI=1S/C24H19N5O2S/c1-16-12-14-19(15-13-16)29-32(30,31)24-21-20(17-8-4-2-5-9-17)22(18-10-6-3-7-11-18)25-26-23(21)27-28-24/h2-15,29H,1H3,(H,26,27,28). The van der Waals surface area contributed by atoms with Crippen LogP contribution in [0, 0.1) is 6.92 Å². The Labute approximate surface area is 185 Å². The summed E-state index contributed by atoms with van der Waals surface area (Å²) in [6.45, 7) is 1.94. The van der Waals surface area contributed by atoms with Crippen molar-refractivity contribution in [2.45, 2.75) is 11.9 Å². The number of aryl methyl sites for hydroxylation is 1. The van der Waals surface area contributed by atoms with Crippen LogP contribution in [-0.2, 0) is 10.0 Å². The van der Waals surface area contributed by atoms with Crippen molar-refractivity contribution in [1.29, 1.82) is 0 Å². The number of hydrogen-bond donors (Lipinski definition) is 2. The predicted octanol–water partition coefficient (Wildman–Crippen LogP) is 4.80. The Morgan fingerprint density at radius 3 is 2.06 bits per heavy atom. The van der Waals surface area contributed by atoms with Crippen molar-refractivity contribution in [3.63, 3.8) is 0 Å². The van der Waals surface area contributed by atoms with E-state index >= 15 is 0 Å². The molecule has 0 radical (unpaired) electrons. The van der Waals surface area contributed by atoms with Gasteiger partial charge in [0.25, 0.3) is 10.0 Å². The van der Waals surface area contributed by atoms with Gasteiger partial charge in [-0.3, -0.25) is 9.82 Å². The first kappa shape index (κ1) is 19.9. The lowest BCUT2D eigenvalue weighted by molar-refractivity contribution is 0.598. The van der Waals surface area contributed by atoms with E-state index in [0.717, 1.165) is 16.7 Å². The van der Waals surface area contributed by atoms with Gasteiger partial charge in [0.15, 0.2) is 5.03 Å². The minimum atomic E-state index is -3.97.